The molecular formula is C23H18N2O3. The average Bonchev–Trinajstić information content (AvgIpc) is 2.75. The van der Waals surface area contributed by atoms with Crippen LogP contribution in [-0.4, -0.2) is 16.7 Å². The monoisotopic (exact) mass is 370 g/mol. The second-order valence-electron chi connectivity index (χ2n) is 6.06. The van der Waals surface area contributed by atoms with Gasteiger partial charge >= 0.3 is 0 Å². The van der Waals surface area contributed by atoms with Gasteiger partial charge in [0.15, 0.2) is 17.2 Å². The Balaban J connectivity index is 2.01. The summed E-state index contributed by atoms with van der Waals surface area (Å²) in [7, 11) is 0. The molecule has 0 spiro atoms. The molecule has 0 aromatic heterocycles. The Morgan fingerprint density at radius 2 is 1.25 bits per heavy atom. The average molecular weight is 370 g/mol. The lowest BCUT2D eigenvalue weighted by Gasteiger charge is -2.06. The number of allylic oxidation sites excluding steroid dienone is 1. The van der Waals surface area contributed by atoms with Crippen LogP contribution in [-0.2, 0) is 0 Å². The fourth-order valence-electron chi connectivity index (χ4n) is 2.53. The highest BCUT2D eigenvalue weighted by molar-refractivity contribution is 6.12. The van der Waals surface area contributed by atoms with Gasteiger partial charge in [0.25, 0.3) is 0 Å². The Morgan fingerprint density at radius 1 is 0.714 bits per heavy atom. The van der Waals surface area contributed by atoms with Gasteiger partial charge < -0.3 is 5.11 Å². The number of azo groups is 1. The summed E-state index contributed by atoms with van der Waals surface area (Å²) in [6.45, 7) is 1.48. The van der Waals surface area contributed by atoms with Gasteiger partial charge in [-0.2, -0.15) is 5.11 Å². The molecule has 0 fully saturated rings. The highest BCUT2D eigenvalue weighted by Crippen LogP contribution is 2.23. The van der Waals surface area contributed by atoms with Gasteiger partial charge in [-0.15, -0.1) is 5.11 Å². The number of carbonyl (C=O) groups excluding carboxylic acids is 2. The Bertz CT molecular complexity index is 1040. The van der Waals surface area contributed by atoms with E-state index in [0.29, 0.717) is 22.4 Å². The first-order chi connectivity index (χ1) is 13.6. The molecule has 0 aliphatic heterocycles. The smallest absolute Gasteiger partial charge is 0.217 e. The van der Waals surface area contributed by atoms with Crippen LogP contribution in [0.1, 0.15) is 33.2 Å². The summed E-state index contributed by atoms with van der Waals surface area (Å²) in [5.41, 5.74) is 1.72. The van der Waals surface area contributed by atoms with Crippen molar-refractivity contribution in [1.29, 1.82) is 0 Å². The third-order valence-electron chi connectivity index (χ3n) is 4.06. The van der Waals surface area contributed by atoms with E-state index in [-0.39, 0.29) is 17.2 Å². The summed E-state index contributed by atoms with van der Waals surface area (Å²) in [5, 5.41) is 18.8. The van der Waals surface area contributed by atoms with E-state index in [2.05, 4.69) is 10.2 Å². The summed E-state index contributed by atoms with van der Waals surface area (Å²) in [5.74, 6) is -0.741. The minimum atomic E-state index is -0.439. The normalized spacial score (nSPS) is 11.9. The van der Waals surface area contributed by atoms with Crippen molar-refractivity contribution in [3.63, 3.8) is 0 Å². The SMILES string of the molecule is CC(=O)c1ccc(N=NC(C(=O)c2ccccc2)=C(O)c2ccccc2)cc1. The van der Waals surface area contributed by atoms with Crippen molar-refractivity contribution in [2.24, 2.45) is 10.2 Å². The van der Waals surface area contributed by atoms with E-state index >= 15 is 0 Å². The minimum Gasteiger partial charge on any atom is -0.505 e. The second-order valence-corrected chi connectivity index (χ2v) is 6.06. The molecule has 138 valence electrons. The summed E-state index contributed by atoms with van der Waals surface area (Å²) in [4.78, 5) is 24.3. The van der Waals surface area contributed by atoms with Crippen molar-refractivity contribution >= 4 is 23.0 Å². The van der Waals surface area contributed by atoms with Crippen molar-refractivity contribution in [1.82, 2.24) is 0 Å². The molecule has 5 heteroatoms. The fourth-order valence-corrected chi connectivity index (χ4v) is 2.53. The lowest BCUT2D eigenvalue weighted by atomic mass is 10.1. The molecule has 3 aromatic carbocycles. The molecule has 5 nitrogen and oxygen atoms in total. The molecule has 0 unspecified atom stereocenters. The number of Topliss-reactive ketones (excluding diaryl/α,β-unsaturated/α-hetero) is 2. The van der Waals surface area contributed by atoms with Crippen LogP contribution in [0.2, 0.25) is 0 Å². The minimum absolute atomic E-state index is 0.0509. The third-order valence-corrected chi connectivity index (χ3v) is 4.06. The van der Waals surface area contributed by atoms with E-state index in [1.165, 1.54) is 6.92 Å². The third kappa shape index (κ3) is 4.45. The van der Waals surface area contributed by atoms with E-state index in [9.17, 15) is 14.7 Å². The highest BCUT2D eigenvalue weighted by atomic mass is 16.3. The van der Waals surface area contributed by atoms with Gasteiger partial charge in [0, 0.05) is 16.7 Å². The molecule has 0 aliphatic carbocycles. The fraction of sp³-hybridized carbons (Fsp3) is 0.0435. The molecule has 0 saturated heterocycles. The van der Waals surface area contributed by atoms with Crippen LogP contribution in [0.3, 0.4) is 0 Å². The predicted octanol–water partition coefficient (Wildman–Crippen LogP) is 5.78. The number of aliphatic hydroxyl groups is 1. The van der Waals surface area contributed by atoms with Crippen LogP contribution in [0, 0.1) is 0 Å². The van der Waals surface area contributed by atoms with Crippen molar-refractivity contribution in [2.45, 2.75) is 6.92 Å². The maximum absolute atomic E-state index is 12.9. The molecule has 3 aromatic rings. The molecule has 0 amide bonds. The van der Waals surface area contributed by atoms with Crippen molar-refractivity contribution in [2.75, 3.05) is 0 Å². The van der Waals surface area contributed by atoms with Crippen LogP contribution in [0.5, 0.6) is 0 Å². The van der Waals surface area contributed by atoms with Gasteiger partial charge in [0.1, 0.15) is 0 Å². The van der Waals surface area contributed by atoms with Crippen LogP contribution < -0.4 is 0 Å². The molecule has 3 rings (SSSR count). The first-order valence-electron chi connectivity index (χ1n) is 8.67. The number of rotatable bonds is 6. The molecule has 0 aliphatic rings. The quantitative estimate of drug-likeness (QED) is 0.258. The van der Waals surface area contributed by atoms with E-state index < -0.39 is 5.78 Å². The summed E-state index contributed by atoms with van der Waals surface area (Å²) in [6, 6.07) is 23.8. The van der Waals surface area contributed by atoms with Crippen LogP contribution in [0.4, 0.5) is 5.69 Å². The first kappa shape index (κ1) is 18.9. The van der Waals surface area contributed by atoms with Gasteiger partial charge in [0.2, 0.25) is 5.78 Å². The molecule has 0 heterocycles. The molecule has 0 bridgehead atoms. The van der Waals surface area contributed by atoms with E-state index in [1.54, 1.807) is 78.9 Å². The maximum Gasteiger partial charge on any atom is 0.217 e. The number of carbonyl (C=O) groups is 2. The highest BCUT2D eigenvalue weighted by Gasteiger charge is 2.18. The van der Waals surface area contributed by atoms with Crippen molar-refractivity contribution in [3.05, 3.63) is 107 Å². The largest absolute Gasteiger partial charge is 0.505 e. The Kier molecular flexibility index (Phi) is 5.87. The molecule has 1 N–H and O–H groups in total. The Labute approximate surface area is 162 Å². The van der Waals surface area contributed by atoms with Gasteiger partial charge in [-0.05, 0) is 31.2 Å². The number of ketones is 2. The summed E-state index contributed by atoms with van der Waals surface area (Å²) >= 11 is 0. The predicted molar refractivity (Wildman–Crippen MR) is 108 cm³/mol. The molecular weight excluding hydrogens is 352 g/mol. The number of nitrogens with zero attached hydrogens (tertiary/aromatic N) is 2. The number of benzene rings is 3. The zero-order valence-corrected chi connectivity index (χ0v) is 15.2. The molecule has 0 radical (unpaired) electrons. The van der Waals surface area contributed by atoms with Gasteiger partial charge in [-0.3, -0.25) is 9.59 Å². The Morgan fingerprint density at radius 3 is 1.79 bits per heavy atom. The molecule has 0 saturated carbocycles. The first-order valence-corrected chi connectivity index (χ1v) is 8.67. The van der Waals surface area contributed by atoms with Crippen LogP contribution >= 0.6 is 0 Å². The van der Waals surface area contributed by atoms with E-state index in [4.69, 9.17) is 0 Å². The van der Waals surface area contributed by atoms with Gasteiger partial charge in [-0.1, -0.05) is 60.7 Å². The molecule has 28 heavy (non-hydrogen) atoms. The summed E-state index contributed by atoms with van der Waals surface area (Å²) in [6.07, 6.45) is 0. The van der Waals surface area contributed by atoms with Crippen molar-refractivity contribution in [3.8, 4) is 0 Å². The van der Waals surface area contributed by atoms with Crippen LogP contribution in [0.25, 0.3) is 5.76 Å². The second kappa shape index (κ2) is 8.68. The van der Waals surface area contributed by atoms with E-state index in [1.807, 2.05) is 6.07 Å². The van der Waals surface area contributed by atoms with E-state index in [0.717, 1.165) is 0 Å². The number of hydrogen-bond acceptors (Lipinski definition) is 5. The van der Waals surface area contributed by atoms with Crippen LogP contribution in [0.15, 0.2) is 101 Å². The standard InChI is InChI=1S/C23H18N2O3/c1-16(26)17-12-14-20(15-13-17)24-25-21(22(27)18-8-4-2-5-9-18)23(28)19-10-6-3-7-11-19/h2-15,27H,1H3. The maximum atomic E-state index is 12.9. The van der Waals surface area contributed by atoms with Gasteiger partial charge in [-0.25, -0.2) is 0 Å². The topological polar surface area (TPSA) is 79.1 Å². The van der Waals surface area contributed by atoms with Crippen molar-refractivity contribution < 1.29 is 14.7 Å². The zero-order valence-electron chi connectivity index (χ0n) is 15.2. The lowest BCUT2D eigenvalue weighted by Crippen LogP contribution is -2.04. The number of hydrogen-bond donors (Lipinski definition) is 1. The number of aliphatic hydroxyl groups excluding tert-OH is 1. The van der Waals surface area contributed by atoms with Gasteiger partial charge in [0.05, 0.1) is 5.69 Å². The lowest BCUT2D eigenvalue weighted by molar-refractivity contribution is 0.101. The molecule has 0 atom stereocenters. The zero-order chi connectivity index (χ0) is 19.9. The Hall–Kier alpha value is -3.86. The summed E-state index contributed by atoms with van der Waals surface area (Å²) < 4.78 is 0.